The van der Waals surface area contributed by atoms with Gasteiger partial charge in [-0.1, -0.05) is 6.92 Å². The van der Waals surface area contributed by atoms with E-state index in [9.17, 15) is 0 Å². The Bertz CT molecular complexity index is 570. The Morgan fingerprint density at radius 3 is 2.63 bits per heavy atom. The Morgan fingerprint density at radius 2 is 2.05 bits per heavy atom. The molecule has 19 heavy (non-hydrogen) atoms. The monoisotopic (exact) mass is 260 g/mol. The number of ether oxygens (including phenoxy) is 1. The number of nitrogens with one attached hydrogen (secondary N) is 1. The molecule has 0 bridgehead atoms. The first-order valence-corrected chi connectivity index (χ1v) is 6.98. The molecule has 2 rings (SSSR count). The first kappa shape index (κ1) is 13.9. The highest BCUT2D eigenvalue weighted by molar-refractivity contribution is 5.87. The second-order valence-electron chi connectivity index (χ2n) is 5.19. The van der Waals surface area contributed by atoms with Crippen LogP contribution >= 0.6 is 0 Å². The summed E-state index contributed by atoms with van der Waals surface area (Å²) in [5.74, 6) is 0.922. The molecule has 0 radical (unpaired) electrons. The maximum absolute atomic E-state index is 5.36. The average molecular weight is 260 g/mol. The SMILES string of the molecule is CCNCc1c(C)n(C(C)C)c2ccc(OC)cc12. The second kappa shape index (κ2) is 5.66. The Kier molecular flexibility index (Phi) is 4.15. The maximum atomic E-state index is 5.36. The molecule has 0 aliphatic carbocycles. The van der Waals surface area contributed by atoms with Crippen LogP contribution in [0, 0.1) is 6.92 Å². The summed E-state index contributed by atoms with van der Waals surface area (Å²) in [6.45, 7) is 10.7. The van der Waals surface area contributed by atoms with Crippen LogP contribution in [0.25, 0.3) is 10.9 Å². The summed E-state index contributed by atoms with van der Waals surface area (Å²) in [6.07, 6.45) is 0. The van der Waals surface area contributed by atoms with Crippen LogP contribution in [0.3, 0.4) is 0 Å². The largest absolute Gasteiger partial charge is 0.497 e. The van der Waals surface area contributed by atoms with Gasteiger partial charge in [-0.05, 0) is 51.1 Å². The van der Waals surface area contributed by atoms with Gasteiger partial charge in [-0.15, -0.1) is 0 Å². The van der Waals surface area contributed by atoms with Crippen molar-refractivity contribution in [1.29, 1.82) is 0 Å². The molecule has 0 aliphatic rings. The van der Waals surface area contributed by atoms with Gasteiger partial charge in [0.2, 0.25) is 0 Å². The number of hydrogen-bond acceptors (Lipinski definition) is 2. The molecule has 0 unspecified atom stereocenters. The van der Waals surface area contributed by atoms with Gasteiger partial charge in [0.1, 0.15) is 5.75 Å². The van der Waals surface area contributed by atoms with Crippen molar-refractivity contribution >= 4 is 10.9 Å². The summed E-state index contributed by atoms with van der Waals surface area (Å²) < 4.78 is 7.77. The molecule has 1 N–H and O–H groups in total. The molecular weight excluding hydrogens is 236 g/mol. The van der Waals surface area contributed by atoms with Gasteiger partial charge in [-0.25, -0.2) is 0 Å². The van der Waals surface area contributed by atoms with E-state index in [-0.39, 0.29) is 0 Å². The summed E-state index contributed by atoms with van der Waals surface area (Å²) in [4.78, 5) is 0. The third-order valence-corrected chi connectivity index (χ3v) is 3.65. The second-order valence-corrected chi connectivity index (χ2v) is 5.19. The quantitative estimate of drug-likeness (QED) is 0.888. The van der Waals surface area contributed by atoms with E-state index in [1.54, 1.807) is 7.11 Å². The number of aromatic nitrogens is 1. The lowest BCUT2D eigenvalue weighted by Crippen LogP contribution is -2.13. The minimum absolute atomic E-state index is 0.464. The molecule has 104 valence electrons. The van der Waals surface area contributed by atoms with Crippen molar-refractivity contribution in [3.8, 4) is 5.75 Å². The average Bonchev–Trinajstić information content (AvgIpc) is 2.67. The van der Waals surface area contributed by atoms with Crippen molar-refractivity contribution in [3.63, 3.8) is 0 Å². The van der Waals surface area contributed by atoms with Crippen LogP contribution in [0.4, 0.5) is 0 Å². The summed E-state index contributed by atoms with van der Waals surface area (Å²) in [5.41, 5.74) is 4.02. The van der Waals surface area contributed by atoms with Gasteiger partial charge in [0.05, 0.1) is 7.11 Å². The molecule has 1 heterocycles. The fourth-order valence-electron chi connectivity index (χ4n) is 2.75. The molecule has 0 fully saturated rings. The first-order chi connectivity index (χ1) is 9.10. The van der Waals surface area contributed by atoms with E-state index >= 15 is 0 Å². The van der Waals surface area contributed by atoms with E-state index in [1.165, 1.54) is 22.2 Å². The van der Waals surface area contributed by atoms with Gasteiger partial charge in [0, 0.05) is 29.2 Å². The van der Waals surface area contributed by atoms with E-state index in [2.05, 4.69) is 49.7 Å². The minimum Gasteiger partial charge on any atom is -0.497 e. The van der Waals surface area contributed by atoms with E-state index in [0.717, 1.165) is 18.8 Å². The number of fused-ring (bicyclic) bond motifs is 1. The summed E-state index contributed by atoms with van der Waals surface area (Å²) >= 11 is 0. The van der Waals surface area contributed by atoms with Gasteiger partial charge in [0.15, 0.2) is 0 Å². The number of hydrogen-bond donors (Lipinski definition) is 1. The van der Waals surface area contributed by atoms with Crippen LogP contribution in [-0.4, -0.2) is 18.2 Å². The molecular formula is C16H24N2O. The molecule has 0 aliphatic heterocycles. The Labute approximate surface area is 115 Å². The zero-order valence-corrected chi connectivity index (χ0v) is 12.6. The Balaban J connectivity index is 2.65. The minimum atomic E-state index is 0.464. The van der Waals surface area contributed by atoms with E-state index in [0.29, 0.717) is 6.04 Å². The van der Waals surface area contributed by atoms with Crippen LogP contribution < -0.4 is 10.1 Å². The molecule has 0 atom stereocenters. The standard InChI is InChI=1S/C16H24N2O/c1-6-17-10-15-12(4)18(11(2)3)16-8-7-13(19-5)9-14(15)16/h7-9,11,17H,6,10H2,1-5H3. The van der Waals surface area contributed by atoms with Crippen LogP contribution in [0.2, 0.25) is 0 Å². The fraction of sp³-hybridized carbons (Fsp3) is 0.500. The van der Waals surface area contributed by atoms with Gasteiger partial charge in [-0.2, -0.15) is 0 Å². The molecule has 0 spiro atoms. The molecule has 2 aromatic rings. The summed E-state index contributed by atoms with van der Waals surface area (Å²) in [7, 11) is 1.72. The van der Waals surface area contributed by atoms with Crippen molar-refractivity contribution in [2.75, 3.05) is 13.7 Å². The molecule has 0 saturated heterocycles. The lowest BCUT2D eigenvalue weighted by molar-refractivity contribution is 0.415. The topological polar surface area (TPSA) is 26.2 Å². The van der Waals surface area contributed by atoms with Crippen molar-refractivity contribution < 1.29 is 4.74 Å². The van der Waals surface area contributed by atoms with Crippen molar-refractivity contribution in [1.82, 2.24) is 9.88 Å². The summed E-state index contributed by atoms with van der Waals surface area (Å²) in [5, 5.41) is 4.73. The van der Waals surface area contributed by atoms with Gasteiger partial charge in [0.25, 0.3) is 0 Å². The lowest BCUT2D eigenvalue weighted by Gasteiger charge is -2.13. The Hall–Kier alpha value is -1.48. The first-order valence-electron chi connectivity index (χ1n) is 6.98. The Morgan fingerprint density at radius 1 is 1.32 bits per heavy atom. The molecule has 1 aromatic heterocycles. The predicted octanol–water partition coefficient (Wildman–Crippen LogP) is 3.65. The zero-order chi connectivity index (χ0) is 14.0. The van der Waals surface area contributed by atoms with Crippen LogP contribution in [0.1, 0.15) is 38.1 Å². The number of nitrogens with zero attached hydrogens (tertiary/aromatic N) is 1. The highest BCUT2D eigenvalue weighted by atomic mass is 16.5. The zero-order valence-electron chi connectivity index (χ0n) is 12.6. The highest BCUT2D eigenvalue weighted by Gasteiger charge is 2.15. The van der Waals surface area contributed by atoms with Crippen molar-refractivity contribution in [2.45, 2.75) is 40.3 Å². The third-order valence-electron chi connectivity index (χ3n) is 3.65. The van der Waals surface area contributed by atoms with Gasteiger partial charge < -0.3 is 14.6 Å². The molecule has 3 heteroatoms. The van der Waals surface area contributed by atoms with E-state index in [4.69, 9.17) is 4.74 Å². The summed E-state index contributed by atoms with van der Waals surface area (Å²) in [6, 6.07) is 6.81. The molecule has 1 aromatic carbocycles. The maximum Gasteiger partial charge on any atom is 0.119 e. The molecule has 3 nitrogen and oxygen atoms in total. The van der Waals surface area contributed by atoms with Gasteiger partial charge in [-0.3, -0.25) is 0 Å². The van der Waals surface area contributed by atoms with Crippen LogP contribution in [0.5, 0.6) is 5.75 Å². The van der Waals surface area contributed by atoms with E-state index < -0.39 is 0 Å². The number of methoxy groups -OCH3 is 1. The number of benzene rings is 1. The van der Waals surface area contributed by atoms with Crippen LogP contribution in [0.15, 0.2) is 18.2 Å². The normalized spacial score (nSPS) is 11.5. The fourth-order valence-corrected chi connectivity index (χ4v) is 2.75. The van der Waals surface area contributed by atoms with Crippen LogP contribution in [-0.2, 0) is 6.54 Å². The smallest absolute Gasteiger partial charge is 0.119 e. The van der Waals surface area contributed by atoms with Crippen molar-refractivity contribution in [2.24, 2.45) is 0 Å². The van der Waals surface area contributed by atoms with Crippen molar-refractivity contribution in [3.05, 3.63) is 29.5 Å². The van der Waals surface area contributed by atoms with Gasteiger partial charge >= 0.3 is 0 Å². The highest BCUT2D eigenvalue weighted by Crippen LogP contribution is 2.31. The molecule has 0 amide bonds. The number of rotatable bonds is 5. The third kappa shape index (κ3) is 2.47. The predicted molar refractivity (Wildman–Crippen MR) is 81.0 cm³/mol. The molecule has 0 saturated carbocycles. The lowest BCUT2D eigenvalue weighted by atomic mass is 10.1. The van der Waals surface area contributed by atoms with E-state index in [1.807, 2.05) is 6.07 Å².